The zero-order valence-corrected chi connectivity index (χ0v) is 18.9. The van der Waals surface area contributed by atoms with Crippen LogP contribution in [-0.2, 0) is 11.8 Å². The van der Waals surface area contributed by atoms with Crippen molar-refractivity contribution in [3.8, 4) is 0 Å². The van der Waals surface area contributed by atoms with Crippen LogP contribution in [0.1, 0.15) is 10.4 Å². The van der Waals surface area contributed by atoms with Crippen LogP contribution in [0.3, 0.4) is 0 Å². The fourth-order valence-electron chi connectivity index (χ4n) is 3.74. The quantitative estimate of drug-likeness (QED) is 0.310. The lowest BCUT2D eigenvalue weighted by molar-refractivity contribution is -0.0680. The molecule has 1 amide bonds. The average Bonchev–Trinajstić information content (AvgIpc) is 3.27. The highest BCUT2D eigenvalue weighted by Gasteiger charge is 2.26. The maximum absolute atomic E-state index is 13.2. The van der Waals surface area contributed by atoms with Crippen molar-refractivity contribution in [1.29, 1.82) is 0 Å². The van der Waals surface area contributed by atoms with Gasteiger partial charge in [0.1, 0.15) is 18.2 Å². The van der Waals surface area contributed by atoms with E-state index >= 15 is 0 Å². The molecule has 11 nitrogen and oxygen atoms in total. The molecule has 3 aromatic heterocycles. The van der Waals surface area contributed by atoms with E-state index < -0.39 is 0 Å². The predicted octanol–water partition coefficient (Wildman–Crippen LogP) is 0.765. The molecule has 33 heavy (non-hydrogen) atoms. The van der Waals surface area contributed by atoms with E-state index in [1.165, 1.54) is 21.2 Å². The number of thioether (sulfide) groups is 1. The fraction of sp³-hybridized carbons (Fsp3) is 0.333. The van der Waals surface area contributed by atoms with Gasteiger partial charge in [-0.15, -0.1) is 5.10 Å². The number of aromatic nitrogens is 6. The molecule has 4 aromatic rings. The van der Waals surface area contributed by atoms with Gasteiger partial charge >= 0.3 is 0 Å². The Balaban J connectivity index is 1.31. The van der Waals surface area contributed by atoms with Crippen molar-refractivity contribution in [2.24, 2.45) is 7.05 Å². The Morgan fingerprint density at radius 1 is 1.30 bits per heavy atom. The molecule has 0 bridgehead atoms. The van der Waals surface area contributed by atoms with Gasteiger partial charge in [0.2, 0.25) is 5.65 Å². The lowest BCUT2D eigenvalue weighted by Gasteiger charge is -2.32. The third-order valence-corrected chi connectivity index (χ3v) is 6.19. The Kier molecular flexibility index (Phi) is 5.68. The van der Waals surface area contributed by atoms with Gasteiger partial charge < -0.3 is 14.5 Å². The first kappa shape index (κ1) is 21.3. The van der Waals surface area contributed by atoms with Crippen LogP contribution in [0.25, 0.3) is 22.1 Å². The molecule has 0 radical (unpaired) electrons. The summed E-state index contributed by atoms with van der Waals surface area (Å²) >= 11 is 1.38. The third kappa shape index (κ3) is 4.02. The number of nitrogens with zero attached hydrogens (tertiary/aromatic N) is 7. The maximum Gasteiger partial charge on any atom is 0.261 e. The highest BCUT2D eigenvalue weighted by Crippen LogP contribution is 2.18. The summed E-state index contributed by atoms with van der Waals surface area (Å²) in [6.45, 7) is 1.39. The molecule has 0 saturated carbocycles. The van der Waals surface area contributed by atoms with Crippen LogP contribution in [0, 0.1) is 0 Å². The van der Waals surface area contributed by atoms with Gasteiger partial charge in [0.15, 0.2) is 5.16 Å². The Hall–Kier alpha value is -3.51. The molecule has 0 aliphatic carbocycles. The molecular formula is C21H21N7O4S. The molecule has 1 saturated heterocycles. The molecule has 5 rings (SSSR count). The predicted molar refractivity (Wildman–Crippen MR) is 121 cm³/mol. The second kappa shape index (κ2) is 8.79. The number of benzene rings is 1. The minimum Gasteiger partial charge on any atom is -0.391 e. The molecule has 1 aromatic carbocycles. The van der Waals surface area contributed by atoms with E-state index in [-0.39, 0.29) is 24.2 Å². The van der Waals surface area contributed by atoms with E-state index in [2.05, 4.69) is 20.3 Å². The van der Waals surface area contributed by atoms with Crippen LogP contribution in [0.4, 0.5) is 0 Å². The summed E-state index contributed by atoms with van der Waals surface area (Å²) in [6.07, 6.45) is 3.16. The lowest BCUT2D eigenvalue weighted by Crippen LogP contribution is -2.48. The van der Waals surface area contributed by atoms with Gasteiger partial charge in [0.25, 0.3) is 11.5 Å². The topological polar surface area (TPSA) is 117 Å². The number of morpholine rings is 1. The molecule has 170 valence electrons. The van der Waals surface area contributed by atoms with Crippen LogP contribution in [0.5, 0.6) is 0 Å². The summed E-state index contributed by atoms with van der Waals surface area (Å²) in [5.41, 5.74) is 1.99. The van der Waals surface area contributed by atoms with E-state index in [0.717, 1.165) is 0 Å². The van der Waals surface area contributed by atoms with E-state index in [4.69, 9.17) is 9.57 Å². The number of carbonyl (C=O) groups is 1. The van der Waals surface area contributed by atoms with Crippen LogP contribution in [0.2, 0.25) is 0 Å². The molecule has 1 unspecified atom stereocenters. The largest absolute Gasteiger partial charge is 0.391 e. The summed E-state index contributed by atoms with van der Waals surface area (Å²) in [4.78, 5) is 43.2. The standard InChI is InChI=1S/C21H21N7O4S/c1-26-20(30)15-6-5-13(10-17(15)23-21(26)33-2)19(29)27-8-9-31-14(11-27)12-32-28-18-16(24-25-28)4-3-7-22-18/h3-7,10,14H,8-9,11-12H2,1-2H3. The van der Waals surface area contributed by atoms with Gasteiger partial charge in [0.05, 0.1) is 24.1 Å². The lowest BCUT2D eigenvalue weighted by atomic mass is 10.1. The van der Waals surface area contributed by atoms with Crippen molar-refractivity contribution in [3.63, 3.8) is 0 Å². The highest BCUT2D eigenvalue weighted by atomic mass is 32.2. The number of hydrogen-bond acceptors (Lipinski definition) is 9. The molecule has 1 atom stereocenters. The number of ether oxygens (including phenoxy) is 1. The molecule has 1 fully saturated rings. The highest BCUT2D eigenvalue weighted by molar-refractivity contribution is 7.98. The van der Waals surface area contributed by atoms with Crippen molar-refractivity contribution in [1.82, 2.24) is 34.6 Å². The maximum atomic E-state index is 13.2. The third-order valence-electron chi connectivity index (χ3n) is 5.45. The summed E-state index contributed by atoms with van der Waals surface area (Å²) in [5, 5.41) is 9.02. The van der Waals surface area contributed by atoms with Crippen molar-refractivity contribution in [3.05, 3.63) is 52.4 Å². The first-order valence-corrected chi connectivity index (χ1v) is 11.5. The fourth-order valence-corrected chi connectivity index (χ4v) is 4.29. The zero-order valence-electron chi connectivity index (χ0n) is 18.0. The van der Waals surface area contributed by atoms with Crippen molar-refractivity contribution < 1.29 is 14.4 Å². The van der Waals surface area contributed by atoms with Crippen molar-refractivity contribution in [2.75, 3.05) is 32.6 Å². The minimum absolute atomic E-state index is 0.137. The van der Waals surface area contributed by atoms with E-state index in [1.807, 2.05) is 6.26 Å². The molecule has 1 aliphatic rings. The minimum atomic E-state index is -0.334. The monoisotopic (exact) mass is 467 g/mol. The van der Waals surface area contributed by atoms with Crippen molar-refractivity contribution in [2.45, 2.75) is 11.3 Å². The second-order valence-corrected chi connectivity index (χ2v) is 8.32. The Morgan fingerprint density at radius 3 is 3.03 bits per heavy atom. The zero-order chi connectivity index (χ0) is 22.9. The normalized spacial score (nSPS) is 16.4. The summed E-state index contributed by atoms with van der Waals surface area (Å²) in [7, 11) is 1.69. The number of amides is 1. The molecule has 0 spiro atoms. The van der Waals surface area contributed by atoms with Crippen LogP contribution >= 0.6 is 11.8 Å². The molecular weight excluding hydrogens is 446 g/mol. The molecule has 1 aliphatic heterocycles. The van der Waals surface area contributed by atoms with Gasteiger partial charge in [-0.1, -0.05) is 16.6 Å². The van der Waals surface area contributed by atoms with Crippen LogP contribution < -0.4 is 10.4 Å². The SMILES string of the molecule is CSc1nc2cc(C(=O)N3CCOC(COn4nnc5cccnc54)C3)ccc2c(=O)n1C. The number of hydrogen-bond donors (Lipinski definition) is 0. The Bertz CT molecular complexity index is 1400. The first-order chi connectivity index (χ1) is 16.0. The molecule has 0 N–H and O–H groups in total. The number of rotatable bonds is 5. The van der Waals surface area contributed by atoms with E-state index in [9.17, 15) is 9.59 Å². The van der Waals surface area contributed by atoms with Gasteiger partial charge in [-0.3, -0.25) is 14.2 Å². The Labute approximate surface area is 192 Å². The van der Waals surface area contributed by atoms with Crippen molar-refractivity contribution >= 4 is 39.7 Å². The van der Waals surface area contributed by atoms with Crippen LogP contribution in [0.15, 0.2) is 46.5 Å². The number of pyridine rings is 1. The number of carbonyl (C=O) groups excluding carboxylic acids is 1. The average molecular weight is 468 g/mol. The number of fused-ring (bicyclic) bond motifs is 2. The van der Waals surface area contributed by atoms with Gasteiger partial charge in [-0.05, 0) is 41.8 Å². The first-order valence-electron chi connectivity index (χ1n) is 10.3. The summed E-state index contributed by atoms with van der Waals surface area (Å²) in [5.74, 6) is -0.147. The van der Waals surface area contributed by atoms with E-state index in [0.29, 0.717) is 52.5 Å². The van der Waals surface area contributed by atoms with Gasteiger partial charge in [-0.25, -0.2) is 9.97 Å². The molecule has 4 heterocycles. The van der Waals surface area contributed by atoms with Gasteiger partial charge in [0, 0.05) is 25.4 Å². The summed E-state index contributed by atoms with van der Waals surface area (Å²) in [6, 6.07) is 8.57. The summed E-state index contributed by atoms with van der Waals surface area (Å²) < 4.78 is 7.28. The van der Waals surface area contributed by atoms with Gasteiger partial charge in [-0.2, -0.15) is 0 Å². The smallest absolute Gasteiger partial charge is 0.261 e. The van der Waals surface area contributed by atoms with Crippen LogP contribution in [-0.4, -0.2) is 79.2 Å². The van der Waals surface area contributed by atoms with E-state index in [1.54, 1.807) is 48.5 Å². The molecule has 12 heteroatoms. The Morgan fingerprint density at radius 2 is 2.18 bits per heavy atom. The second-order valence-electron chi connectivity index (χ2n) is 7.54.